The van der Waals surface area contributed by atoms with Gasteiger partial charge in [0.2, 0.25) is 17.7 Å². The number of hydrogen-bond donors (Lipinski definition) is 4. The zero-order valence-electron chi connectivity index (χ0n) is 17.7. The molecule has 162 valence electrons. The summed E-state index contributed by atoms with van der Waals surface area (Å²) >= 11 is 0. The highest BCUT2D eigenvalue weighted by molar-refractivity contribution is 5.92. The molecular weight excluding hydrogens is 366 g/mol. The number of nitrogens with one attached hydrogen (secondary N) is 3. The van der Waals surface area contributed by atoms with Gasteiger partial charge in [0.25, 0.3) is 0 Å². The zero-order valence-corrected chi connectivity index (χ0v) is 17.7. The third-order valence-corrected chi connectivity index (χ3v) is 4.02. The Labute approximate surface area is 166 Å². The summed E-state index contributed by atoms with van der Waals surface area (Å²) in [4.78, 5) is 48.6. The predicted octanol–water partition coefficient (Wildman–Crippen LogP) is 1.14. The van der Waals surface area contributed by atoms with Crippen LogP contribution < -0.4 is 16.1 Å². The van der Waals surface area contributed by atoms with Crippen molar-refractivity contribution in [2.24, 2.45) is 17.8 Å². The van der Waals surface area contributed by atoms with E-state index >= 15 is 0 Å². The summed E-state index contributed by atoms with van der Waals surface area (Å²) in [5.41, 5.74) is 1.53. The number of carbonyl (C=O) groups is 4. The van der Waals surface area contributed by atoms with Crippen molar-refractivity contribution < 1.29 is 29.1 Å². The summed E-state index contributed by atoms with van der Waals surface area (Å²) in [6.07, 6.45) is 0.609. The molecule has 9 heteroatoms. The van der Waals surface area contributed by atoms with Crippen LogP contribution in [0, 0.1) is 17.8 Å². The van der Waals surface area contributed by atoms with Gasteiger partial charge in [0.15, 0.2) is 0 Å². The fraction of sp³-hybridized carbons (Fsp3) is 0.789. The van der Waals surface area contributed by atoms with Crippen molar-refractivity contribution in [3.8, 4) is 0 Å². The first kappa shape index (κ1) is 25.8. The van der Waals surface area contributed by atoms with Crippen molar-refractivity contribution in [1.82, 2.24) is 16.1 Å². The highest BCUT2D eigenvalue weighted by Gasteiger charge is 2.29. The molecule has 0 aliphatic rings. The molecule has 0 aromatic heterocycles. The molecule has 0 bridgehead atoms. The first-order valence-corrected chi connectivity index (χ1v) is 9.71. The maximum atomic E-state index is 12.7. The van der Waals surface area contributed by atoms with Gasteiger partial charge in [-0.1, -0.05) is 27.7 Å². The van der Waals surface area contributed by atoms with Gasteiger partial charge in [-0.15, -0.1) is 0 Å². The summed E-state index contributed by atoms with van der Waals surface area (Å²) < 4.78 is 4.88. The van der Waals surface area contributed by atoms with Crippen LogP contribution in [0.25, 0.3) is 0 Å². The van der Waals surface area contributed by atoms with Crippen LogP contribution in [0.4, 0.5) is 0 Å². The number of esters is 1. The molecule has 3 amide bonds. The van der Waals surface area contributed by atoms with Crippen LogP contribution in [0.3, 0.4) is 0 Å². The van der Waals surface area contributed by atoms with E-state index in [-0.39, 0.29) is 24.9 Å². The fourth-order valence-electron chi connectivity index (χ4n) is 2.75. The van der Waals surface area contributed by atoms with E-state index in [4.69, 9.17) is 9.94 Å². The van der Waals surface area contributed by atoms with Gasteiger partial charge in [0.1, 0.15) is 12.1 Å². The van der Waals surface area contributed by atoms with Crippen LogP contribution in [0.2, 0.25) is 0 Å². The number of hydrogen-bond acceptors (Lipinski definition) is 6. The third-order valence-electron chi connectivity index (χ3n) is 4.02. The molecule has 0 rings (SSSR count). The summed E-state index contributed by atoms with van der Waals surface area (Å²) in [7, 11) is 0. The minimum atomic E-state index is -0.851. The van der Waals surface area contributed by atoms with Gasteiger partial charge in [-0.25, -0.2) is 10.3 Å². The molecular formula is C19H35N3O6. The number of amides is 3. The lowest BCUT2D eigenvalue weighted by Gasteiger charge is -2.25. The first-order chi connectivity index (χ1) is 13.0. The lowest BCUT2D eigenvalue weighted by Crippen LogP contribution is -2.52. The molecule has 3 atom stereocenters. The van der Waals surface area contributed by atoms with Gasteiger partial charge >= 0.3 is 5.97 Å². The van der Waals surface area contributed by atoms with Crippen molar-refractivity contribution >= 4 is 23.7 Å². The Kier molecular flexibility index (Phi) is 12.1. The highest BCUT2D eigenvalue weighted by Crippen LogP contribution is 2.17. The van der Waals surface area contributed by atoms with E-state index in [0.29, 0.717) is 12.8 Å². The number of rotatable bonds is 12. The van der Waals surface area contributed by atoms with E-state index in [9.17, 15) is 19.2 Å². The number of hydroxylamine groups is 1. The summed E-state index contributed by atoms with van der Waals surface area (Å²) in [6.45, 7) is 11.0. The van der Waals surface area contributed by atoms with Gasteiger partial charge < -0.3 is 15.4 Å². The lowest BCUT2D eigenvalue weighted by molar-refractivity contribution is -0.147. The Morgan fingerprint density at radius 3 is 1.93 bits per heavy atom. The average molecular weight is 402 g/mol. The van der Waals surface area contributed by atoms with Gasteiger partial charge in [0, 0.05) is 12.3 Å². The summed E-state index contributed by atoms with van der Waals surface area (Å²) in [5.74, 6) is -2.58. The Morgan fingerprint density at radius 2 is 1.46 bits per heavy atom. The van der Waals surface area contributed by atoms with Crippen LogP contribution in [0.5, 0.6) is 0 Å². The molecule has 0 aliphatic heterocycles. The number of ether oxygens (including phenoxy) is 1. The topological polar surface area (TPSA) is 134 Å². The Bertz CT molecular complexity index is 536. The second-order valence-electron chi connectivity index (χ2n) is 7.74. The predicted molar refractivity (Wildman–Crippen MR) is 103 cm³/mol. The molecule has 0 aromatic rings. The lowest BCUT2D eigenvalue weighted by atomic mass is 9.92. The minimum absolute atomic E-state index is 0.109. The molecule has 0 spiro atoms. The number of carbonyl (C=O) groups excluding carboxylic acids is 4. The van der Waals surface area contributed by atoms with E-state index in [1.54, 1.807) is 6.92 Å². The molecule has 4 N–H and O–H groups in total. The minimum Gasteiger partial charge on any atom is -0.464 e. The monoisotopic (exact) mass is 401 g/mol. The van der Waals surface area contributed by atoms with E-state index in [2.05, 4.69) is 10.6 Å². The molecule has 0 saturated heterocycles. The van der Waals surface area contributed by atoms with Gasteiger partial charge in [-0.05, 0) is 38.5 Å². The molecule has 0 saturated carbocycles. The second kappa shape index (κ2) is 13.1. The Morgan fingerprint density at radius 1 is 0.893 bits per heavy atom. The van der Waals surface area contributed by atoms with Gasteiger partial charge in [-0.3, -0.25) is 19.6 Å². The molecule has 0 aliphatic carbocycles. The molecule has 0 aromatic carbocycles. The van der Waals surface area contributed by atoms with Crippen molar-refractivity contribution in [3.63, 3.8) is 0 Å². The molecule has 0 heterocycles. The zero-order chi connectivity index (χ0) is 21.9. The largest absolute Gasteiger partial charge is 0.464 e. The SMILES string of the molecule is CCOC(=O)[C@H](C)NC(=O)[C@H](CC(C)C)NC(=O)C(CC(=O)NO)CC(C)C. The molecule has 28 heavy (non-hydrogen) atoms. The molecule has 9 nitrogen and oxygen atoms in total. The first-order valence-electron chi connectivity index (χ1n) is 9.71. The van der Waals surface area contributed by atoms with Gasteiger partial charge in [-0.2, -0.15) is 0 Å². The normalized spacial score (nSPS) is 14.2. The smallest absolute Gasteiger partial charge is 0.328 e. The van der Waals surface area contributed by atoms with E-state index in [1.165, 1.54) is 12.4 Å². The Hall–Kier alpha value is -2.16. The maximum absolute atomic E-state index is 12.7. The fourth-order valence-corrected chi connectivity index (χ4v) is 2.75. The van der Waals surface area contributed by atoms with Crippen molar-refractivity contribution in [2.45, 2.75) is 72.9 Å². The van der Waals surface area contributed by atoms with Crippen LogP contribution >= 0.6 is 0 Å². The standard InChI is InChI=1S/C19H35N3O6/c1-7-28-19(26)13(6)20-18(25)15(9-12(4)5)21-17(24)14(8-11(2)3)10-16(23)22-27/h11-15,27H,7-10H2,1-6H3,(H,20,25)(H,21,24)(H,22,23)/t13-,14?,15-/m0/s1. The van der Waals surface area contributed by atoms with Crippen LogP contribution in [0.1, 0.15) is 60.8 Å². The molecule has 0 radical (unpaired) electrons. The van der Waals surface area contributed by atoms with Crippen molar-refractivity contribution in [3.05, 3.63) is 0 Å². The second-order valence-corrected chi connectivity index (χ2v) is 7.74. The summed E-state index contributed by atoms with van der Waals surface area (Å²) in [6, 6.07) is -1.69. The maximum Gasteiger partial charge on any atom is 0.328 e. The summed E-state index contributed by atoms with van der Waals surface area (Å²) in [5, 5.41) is 14.0. The Balaban J connectivity index is 5.20. The van der Waals surface area contributed by atoms with E-state index < -0.39 is 41.7 Å². The third kappa shape index (κ3) is 10.2. The average Bonchev–Trinajstić information content (AvgIpc) is 2.59. The quantitative estimate of drug-likeness (QED) is 0.220. The van der Waals surface area contributed by atoms with E-state index in [1.807, 2.05) is 27.7 Å². The highest BCUT2D eigenvalue weighted by atomic mass is 16.5. The van der Waals surface area contributed by atoms with Crippen LogP contribution in [-0.2, 0) is 23.9 Å². The van der Waals surface area contributed by atoms with Gasteiger partial charge in [0.05, 0.1) is 6.61 Å². The van der Waals surface area contributed by atoms with E-state index in [0.717, 1.165) is 0 Å². The van der Waals surface area contributed by atoms with Crippen molar-refractivity contribution in [2.75, 3.05) is 6.61 Å². The van der Waals surface area contributed by atoms with Crippen LogP contribution in [-0.4, -0.2) is 47.6 Å². The van der Waals surface area contributed by atoms with Crippen molar-refractivity contribution in [1.29, 1.82) is 0 Å². The molecule has 0 fully saturated rings. The van der Waals surface area contributed by atoms with Crippen LogP contribution in [0.15, 0.2) is 0 Å². The molecule has 1 unspecified atom stereocenters.